The van der Waals surface area contributed by atoms with Crippen LogP contribution in [0.2, 0.25) is 0 Å². The minimum atomic E-state index is -0.464. The summed E-state index contributed by atoms with van der Waals surface area (Å²) in [7, 11) is 0. The van der Waals surface area contributed by atoms with Gasteiger partial charge in [0.2, 0.25) is 0 Å². The Hall–Kier alpha value is -4.57. The Labute approximate surface area is 217 Å². The lowest BCUT2D eigenvalue weighted by atomic mass is 10.1. The molecule has 0 bridgehead atoms. The Kier molecular flexibility index (Phi) is 5.58. The van der Waals surface area contributed by atoms with Crippen molar-refractivity contribution in [1.29, 1.82) is 0 Å². The summed E-state index contributed by atoms with van der Waals surface area (Å²) < 4.78 is 16.1. The molecule has 2 N–H and O–H groups in total. The van der Waals surface area contributed by atoms with Crippen LogP contribution in [0.5, 0.6) is 0 Å². The summed E-state index contributed by atoms with van der Waals surface area (Å²) in [6.07, 6.45) is 14.0. The number of aromatic nitrogens is 8. The van der Waals surface area contributed by atoms with Gasteiger partial charge in [-0.25, -0.2) is 9.37 Å². The van der Waals surface area contributed by atoms with Gasteiger partial charge in [-0.15, -0.1) is 0 Å². The van der Waals surface area contributed by atoms with Crippen LogP contribution in [0.4, 0.5) is 4.39 Å². The fraction of sp³-hybridized carbons (Fsp3) is 0.214. The number of nitrogens with zero attached hydrogens (tertiary/aromatic N) is 7. The molecule has 1 saturated heterocycles. The molecule has 0 radical (unpaired) electrons. The molecular weight excluding hydrogens is 481 g/mol. The first-order valence-corrected chi connectivity index (χ1v) is 12.7. The van der Waals surface area contributed by atoms with Crippen molar-refractivity contribution in [1.82, 2.24) is 45.0 Å². The third-order valence-corrected chi connectivity index (χ3v) is 7.03. The van der Waals surface area contributed by atoms with Crippen LogP contribution in [0.1, 0.15) is 24.8 Å². The number of piperidine rings is 1. The van der Waals surface area contributed by atoms with Crippen molar-refractivity contribution in [2.75, 3.05) is 13.1 Å². The van der Waals surface area contributed by atoms with Gasteiger partial charge in [-0.1, -0.05) is 6.42 Å². The first-order valence-electron chi connectivity index (χ1n) is 12.7. The minimum absolute atomic E-state index is 0.238. The molecule has 1 aliphatic heterocycles. The second-order valence-electron chi connectivity index (χ2n) is 9.58. The maximum absolute atomic E-state index is 16.1. The highest BCUT2D eigenvalue weighted by atomic mass is 19.1. The fourth-order valence-corrected chi connectivity index (χ4v) is 5.19. The van der Waals surface area contributed by atoms with E-state index in [2.05, 4.69) is 40.0 Å². The molecule has 38 heavy (non-hydrogen) atoms. The van der Waals surface area contributed by atoms with Gasteiger partial charge in [0.1, 0.15) is 16.9 Å². The number of rotatable bonds is 5. The predicted molar refractivity (Wildman–Crippen MR) is 142 cm³/mol. The number of likely N-dealkylation sites (tertiary alicyclic amines) is 1. The second kappa shape index (κ2) is 9.38. The third-order valence-electron chi connectivity index (χ3n) is 7.03. The van der Waals surface area contributed by atoms with Crippen molar-refractivity contribution >= 4 is 21.9 Å². The predicted octanol–water partition coefficient (Wildman–Crippen LogP) is 5.15. The van der Waals surface area contributed by atoms with Crippen molar-refractivity contribution in [3.63, 3.8) is 0 Å². The summed E-state index contributed by atoms with van der Waals surface area (Å²) in [5.41, 5.74) is 5.77. The maximum Gasteiger partial charge on any atom is 0.161 e. The molecule has 9 nitrogen and oxygen atoms in total. The molecule has 0 spiro atoms. The monoisotopic (exact) mass is 505 g/mol. The molecule has 7 heterocycles. The van der Waals surface area contributed by atoms with E-state index in [1.807, 2.05) is 30.5 Å². The zero-order valence-corrected chi connectivity index (χ0v) is 20.5. The van der Waals surface area contributed by atoms with E-state index in [-0.39, 0.29) is 5.69 Å². The van der Waals surface area contributed by atoms with Crippen molar-refractivity contribution in [3.05, 3.63) is 72.8 Å². The first-order chi connectivity index (χ1) is 18.7. The van der Waals surface area contributed by atoms with Gasteiger partial charge in [-0.05, 0) is 55.8 Å². The topological polar surface area (TPSA) is 112 Å². The molecular formula is C28H24FN9. The summed E-state index contributed by atoms with van der Waals surface area (Å²) in [6, 6.07) is 7.60. The lowest BCUT2D eigenvalue weighted by Crippen LogP contribution is -2.29. The second-order valence-corrected chi connectivity index (χ2v) is 9.58. The normalized spacial score (nSPS) is 14.4. The minimum Gasteiger partial charge on any atom is -0.336 e. The van der Waals surface area contributed by atoms with Gasteiger partial charge in [-0.2, -0.15) is 5.10 Å². The average Bonchev–Trinajstić information content (AvgIpc) is 3.59. The molecule has 1 aliphatic rings. The van der Waals surface area contributed by atoms with Gasteiger partial charge in [0, 0.05) is 48.7 Å². The molecule has 0 unspecified atom stereocenters. The van der Waals surface area contributed by atoms with Crippen LogP contribution in [-0.4, -0.2) is 58.1 Å². The van der Waals surface area contributed by atoms with E-state index in [9.17, 15) is 0 Å². The van der Waals surface area contributed by atoms with E-state index in [0.29, 0.717) is 39.2 Å². The van der Waals surface area contributed by atoms with Gasteiger partial charge >= 0.3 is 0 Å². The van der Waals surface area contributed by atoms with Crippen molar-refractivity contribution in [2.24, 2.45) is 0 Å². The molecule has 0 atom stereocenters. The van der Waals surface area contributed by atoms with Gasteiger partial charge in [0.25, 0.3) is 0 Å². The summed E-state index contributed by atoms with van der Waals surface area (Å²) in [5.74, 6) is -0.0216. The lowest BCUT2D eigenvalue weighted by molar-refractivity contribution is 0.220. The highest BCUT2D eigenvalue weighted by molar-refractivity contribution is 5.97. The molecule has 0 aliphatic carbocycles. The Balaban J connectivity index is 1.29. The molecule has 188 valence electrons. The van der Waals surface area contributed by atoms with Crippen molar-refractivity contribution in [2.45, 2.75) is 25.8 Å². The van der Waals surface area contributed by atoms with E-state index in [1.54, 1.807) is 31.0 Å². The average molecular weight is 506 g/mol. The van der Waals surface area contributed by atoms with E-state index in [4.69, 9.17) is 4.98 Å². The molecule has 0 saturated carbocycles. The largest absolute Gasteiger partial charge is 0.336 e. The lowest BCUT2D eigenvalue weighted by Gasteiger charge is -2.26. The van der Waals surface area contributed by atoms with Crippen LogP contribution in [0.3, 0.4) is 0 Å². The molecule has 7 rings (SSSR count). The SMILES string of the molecule is Fc1c(-c2cncc(CN3CCCCC3)c2)ncc2[nH]nc(-c3nc4c(-c5cccnc5)nccc4[nH]3)c12. The zero-order chi connectivity index (χ0) is 25.5. The number of nitrogens with one attached hydrogen (secondary N) is 2. The Morgan fingerprint density at radius 1 is 0.842 bits per heavy atom. The van der Waals surface area contributed by atoms with Gasteiger partial charge in [-0.3, -0.25) is 29.9 Å². The van der Waals surface area contributed by atoms with Crippen LogP contribution >= 0.6 is 0 Å². The zero-order valence-electron chi connectivity index (χ0n) is 20.5. The number of imidazole rings is 1. The van der Waals surface area contributed by atoms with Crippen molar-refractivity contribution in [3.8, 4) is 34.0 Å². The van der Waals surface area contributed by atoms with Gasteiger partial charge < -0.3 is 4.98 Å². The third kappa shape index (κ3) is 3.99. The van der Waals surface area contributed by atoms with Crippen LogP contribution in [0.25, 0.3) is 56.0 Å². The molecule has 0 aromatic carbocycles. The molecule has 6 aromatic heterocycles. The first kappa shape index (κ1) is 22.6. The number of fused-ring (bicyclic) bond motifs is 2. The van der Waals surface area contributed by atoms with Crippen LogP contribution in [-0.2, 0) is 6.54 Å². The number of hydrogen-bond donors (Lipinski definition) is 2. The number of pyridine rings is 4. The Morgan fingerprint density at radius 3 is 2.61 bits per heavy atom. The highest BCUT2D eigenvalue weighted by Gasteiger charge is 2.22. The molecule has 10 heteroatoms. The number of halogens is 1. The molecule has 0 amide bonds. The summed E-state index contributed by atoms with van der Waals surface area (Å²) in [6.45, 7) is 2.96. The Bertz CT molecular complexity index is 1750. The van der Waals surface area contributed by atoms with Crippen molar-refractivity contribution < 1.29 is 4.39 Å². The summed E-state index contributed by atoms with van der Waals surface area (Å²) in [4.78, 5) is 28.0. The van der Waals surface area contributed by atoms with E-state index >= 15 is 4.39 Å². The number of H-pyrrole nitrogens is 2. The maximum atomic E-state index is 16.1. The quantitative estimate of drug-likeness (QED) is 0.333. The number of hydrogen-bond acceptors (Lipinski definition) is 7. The van der Waals surface area contributed by atoms with E-state index in [1.165, 1.54) is 19.3 Å². The summed E-state index contributed by atoms with van der Waals surface area (Å²) >= 11 is 0. The van der Waals surface area contributed by atoms with Crippen LogP contribution in [0.15, 0.2) is 61.4 Å². The molecule has 1 fully saturated rings. The van der Waals surface area contributed by atoms with E-state index < -0.39 is 5.82 Å². The summed E-state index contributed by atoms with van der Waals surface area (Å²) in [5, 5.41) is 7.63. The smallest absolute Gasteiger partial charge is 0.161 e. The Morgan fingerprint density at radius 2 is 1.74 bits per heavy atom. The van der Waals surface area contributed by atoms with E-state index in [0.717, 1.165) is 36.3 Å². The van der Waals surface area contributed by atoms with Crippen LogP contribution < -0.4 is 0 Å². The van der Waals surface area contributed by atoms with Gasteiger partial charge in [0.05, 0.1) is 28.3 Å². The van der Waals surface area contributed by atoms with Crippen LogP contribution in [0, 0.1) is 5.82 Å². The molecule has 6 aromatic rings. The standard InChI is InChI=1S/C28H24FN9/c29-23-22-21(15-33-24(23)19-11-17(12-31-14-19)16-38-9-2-1-3-10-38)36-37-27(22)28-34-20-6-8-32-25(26(20)35-28)18-5-4-7-30-13-18/h4-8,11-15H,1-3,9-10,16H2,(H,34,35)(H,36,37). The van der Waals surface area contributed by atoms with Gasteiger partial charge in [0.15, 0.2) is 11.6 Å². The fourth-order valence-electron chi connectivity index (χ4n) is 5.19. The highest BCUT2D eigenvalue weighted by Crippen LogP contribution is 2.34. The number of aromatic amines is 2.